The standard InChI is InChI=1S/C25H36AsNO2/c1-7-16-29-25(28)27-24-15-14-23(21(8-2)22(24)9-3)26(6)17-19-10-12-20(13-11-19)18(4)5/h10-15,18H,7-9,16-17H2,1-6H3,(H,27,28). The van der Waals surface area contributed by atoms with Gasteiger partial charge >= 0.3 is 182 Å². The van der Waals surface area contributed by atoms with Crippen molar-refractivity contribution in [2.45, 2.75) is 70.7 Å². The number of benzene rings is 2. The number of ether oxygens (including phenoxy) is 1. The van der Waals surface area contributed by atoms with Gasteiger partial charge in [0, 0.05) is 0 Å². The predicted octanol–water partition coefficient (Wildman–Crippen LogP) is 6.01. The van der Waals surface area contributed by atoms with Gasteiger partial charge in [0.15, 0.2) is 0 Å². The van der Waals surface area contributed by atoms with Crippen molar-refractivity contribution >= 4 is 30.8 Å². The second kappa shape index (κ2) is 11.5. The molecule has 0 bridgehead atoms. The average molecular weight is 457 g/mol. The number of amides is 1. The Morgan fingerprint density at radius 3 is 2.21 bits per heavy atom. The van der Waals surface area contributed by atoms with Gasteiger partial charge in [-0.1, -0.05) is 0 Å². The van der Waals surface area contributed by atoms with Gasteiger partial charge in [-0.3, -0.25) is 0 Å². The zero-order valence-corrected chi connectivity index (χ0v) is 20.7. The van der Waals surface area contributed by atoms with Gasteiger partial charge in [0.05, 0.1) is 0 Å². The van der Waals surface area contributed by atoms with E-state index in [1.807, 2.05) is 6.92 Å². The van der Waals surface area contributed by atoms with E-state index in [4.69, 9.17) is 4.74 Å². The molecule has 1 atom stereocenters. The molecule has 4 heteroatoms. The Labute approximate surface area is 181 Å². The quantitative estimate of drug-likeness (QED) is 0.469. The molecule has 29 heavy (non-hydrogen) atoms. The Morgan fingerprint density at radius 2 is 1.66 bits per heavy atom. The molecule has 0 saturated heterocycles. The van der Waals surface area contributed by atoms with Crippen LogP contribution < -0.4 is 9.67 Å². The van der Waals surface area contributed by atoms with Crippen LogP contribution in [0.15, 0.2) is 36.4 Å². The van der Waals surface area contributed by atoms with Crippen LogP contribution in [0.5, 0.6) is 0 Å². The molecule has 1 N–H and O–H groups in total. The van der Waals surface area contributed by atoms with Crippen molar-refractivity contribution < 1.29 is 9.53 Å². The Balaban J connectivity index is 2.24. The number of hydrogen-bond donors (Lipinski definition) is 1. The average Bonchev–Trinajstić information content (AvgIpc) is 2.71. The van der Waals surface area contributed by atoms with Crippen molar-refractivity contribution in [3.63, 3.8) is 0 Å². The molecule has 0 heterocycles. The number of anilines is 1. The topological polar surface area (TPSA) is 38.3 Å². The molecule has 0 aromatic heterocycles. The Morgan fingerprint density at radius 1 is 1.00 bits per heavy atom. The summed E-state index contributed by atoms with van der Waals surface area (Å²) in [6.45, 7) is 11.3. The SMILES string of the molecule is CCCOC(=O)Nc1ccc([As](C)Cc2ccc(C(C)C)cc2)c(CC)c1CC. The van der Waals surface area contributed by atoms with Gasteiger partial charge in [-0.15, -0.1) is 0 Å². The van der Waals surface area contributed by atoms with Crippen molar-refractivity contribution in [1.29, 1.82) is 0 Å². The van der Waals surface area contributed by atoms with E-state index in [0.29, 0.717) is 12.5 Å². The molecule has 2 aromatic rings. The molecule has 0 aliphatic heterocycles. The number of carbonyl (C=O) groups excluding carboxylic acids is 1. The Bertz CT molecular complexity index is 799. The molecule has 3 nitrogen and oxygen atoms in total. The number of hydrogen-bond acceptors (Lipinski definition) is 2. The molecule has 0 aliphatic rings. The summed E-state index contributed by atoms with van der Waals surface area (Å²) in [5.74, 6) is 0.571. The zero-order valence-electron chi connectivity index (χ0n) is 18.8. The van der Waals surface area contributed by atoms with E-state index >= 15 is 0 Å². The van der Waals surface area contributed by atoms with Gasteiger partial charge < -0.3 is 0 Å². The third kappa shape index (κ3) is 6.37. The first-order chi connectivity index (χ1) is 13.9. The minimum atomic E-state index is -1.22. The molecule has 0 spiro atoms. The molecule has 0 aliphatic carbocycles. The predicted molar refractivity (Wildman–Crippen MR) is 126 cm³/mol. The summed E-state index contributed by atoms with van der Waals surface area (Å²) < 4.78 is 6.74. The maximum atomic E-state index is 12.1. The molecule has 2 rings (SSSR count). The molecule has 0 saturated carbocycles. The molecule has 1 unspecified atom stereocenters. The first kappa shape index (κ1) is 23.5. The van der Waals surface area contributed by atoms with Crippen LogP contribution >= 0.6 is 0 Å². The van der Waals surface area contributed by atoms with Crippen LogP contribution in [0, 0.1) is 0 Å². The monoisotopic (exact) mass is 457 g/mol. The second-order valence-electron chi connectivity index (χ2n) is 7.81. The van der Waals surface area contributed by atoms with Crippen LogP contribution in [0.2, 0.25) is 5.71 Å². The molecular formula is C25H36AsNO2. The van der Waals surface area contributed by atoms with Gasteiger partial charge in [0.25, 0.3) is 0 Å². The van der Waals surface area contributed by atoms with Crippen LogP contribution in [0.4, 0.5) is 10.5 Å². The minimum absolute atomic E-state index is 0.354. The summed E-state index contributed by atoms with van der Waals surface area (Å²) in [6, 6.07) is 13.5. The van der Waals surface area contributed by atoms with Gasteiger partial charge in [0.1, 0.15) is 0 Å². The van der Waals surface area contributed by atoms with Gasteiger partial charge in [-0.2, -0.15) is 0 Å². The van der Waals surface area contributed by atoms with E-state index in [0.717, 1.165) is 30.2 Å². The summed E-state index contributed by atoms with van der Waals surface area (Å²) in [6.07, 6.45) is 2.37. The van der Waals surface area contributed by atoms with Crippen LogP contribution in [-0.4, -0.2) is 27.4 Å². The molecule has 1 amide bonds. The van der Waals surface area contributed by atoms with Gasteiger partial charge in [-0.25, -0.2) is 0 Å². The van der Waals surface area contributed by atoms with Crippen molar-refractivity contribution in [3.05, 3.63) is 58.7 Å². The normalized spacial score (nSPS) is 12.1. The van der Waals surface area contributed by atoms with Gasteiger partial charge in [0.2, 0.25) is 0 Å². The van der Waals surface area contributed by atoms with Crippen molar-refractivity contribution in [3.8, 4) is 0 Å². The summed E-state index contributed by atoms with van der Waals surface area (Å²) in [5.41, 5.74) is 8.86. The maximum absolute atomic E-state index is 12.1. The van der Waals surface area contributed by atoms with Crippen molar-refractivity contribution in [2.75, 3.05) is 11.9 Å². The number of nitrogens with one attached hydrogen (secondary N) is 1. The molecular weight excluding hydrogens is 421 g/mol. The Hall–Kier alpha value is -1.73. The third-order valence-electron chi connectivity index (χ3n) is 5.26. The third-order valence-corrected chi connectivity index (χ3v) is 9.63. The summed E-state index contributed by atoms with van der Waals surface area (Å²) >= 11 is -1.22. The van der Waals surface area contributed by atoms with E-state index in [-0.39, 0.29) is 6.09 Å². The second-order valence-corrected chi connectivity index (χ2v) is 12.4. The molecule has 2 aromatic carbocycles. The van der Waals surface area contributed by atoms with E-state index in [2.05, 4.69) is 75.1 Å². The first-order valence-electron chi connectivity index (χ1n) is 10.8. The first-order valence-corrected chi connectivity index (χ1v) is 14.9. The van der Waals surface area contributed by atoms with Crippen molar-refractivity contribution in [1.82, 2.24) is 0 Å². The van der Waals surface area contributed by atoms with E-state index in [9.17, 15) is 4.79 Å². The number of rotatable bonds is 9. The van der Waals surface area contributed by atoms with Gasteiger partial charge in [-0.05, 0) is 0 Å². The van der Waals surface area contributed by atoms with E-state index in [1.165, 1.54) is 26.6 Å². The van der Waals surface area contributed by atoms with E-state index < -0.39 is 14.7 Å². The fourth-order valence-corrected chi connectivity index (χ4v) is 7.88. The van der Waals surface area contributed by atoms with Crippen molar-refractivity contribution in [2.24, 2.45) is 0 Å². The number of carbonyl (C=O) groups is 1. The van der Waals surface area contributed by atoms with Crippen LogP contribution in [-0.2, 0) is 22.8 Å². The fraction of sp³-hybridized carbons (Fsp3) is 0.480. The molecule has 158 valence electrons. The molecule has 0 fully saturated rings. The summed E-state index contributed by atoms with van der Waals surface area (Å²) in [5, 5.41) is 4.12. The summed E-state index contributed by atoms with van der Waals surface area (Å²) in [4.78, 5) is 12.1. The summed E-state index contributed by atoms with van der Waals surface area (Å²) in [7, 11) is 0. The fourth-order valence-electron chi connectivity index (χ4n) is 3.66. The van der Waals surface area contributed by atoms with Crippen LogP contribution in [0.3, 0.4) is 0 Å². The Kier molecular flexibility index (Phi) is 9.30. The van der Waals surface area contributed by atoms with Crippen LogP contribution in [0.1, 0.15) is 69.2 Å². The van der Waals surface area contributed by atoms with E-state index in [1.54, 1.807) is 0 Å². The zero-order chi connectivity index (χ0) is 21.4. The molecule has 0 radical (unpaired) electrons. The van der Waals surface area contributed by atoms with Crippen LogP contribution in [0.25, 0.3) is 0 Å².